The number of halogens is 1. The molecule has 4 rings (SSSR count). The fourth-order valence-corrected chi connectivity index (χ4v) is 4.67. The number of ether oxygens (including phenoxy) is 1. The molecule has 7 nitrogen and oxygen atoms in total. The van der Waals surface area contributed by atoms with Gasteiger partial charge in [-0.05, 0) is 61.5 Å². The van der Waals surface area contributed by atoms with Crippen LogP contribution in [0.3, 0.4) is 0 Å². The highest BCUT2D eigenvalue weighted by atomic mass is 35.5. The van der Waals surface area contributed by atoms with Crippen molar-refractivity contribution >= 4 is 44.7 Å². The maximum absolute atomic E-state index is 12.9. The standard InChI is InChI=1S/C28H23ClN2O5S/c1-19-7-10-22(11-8-19)31-37(34,35)24-14-12-23(13-15-24)36-18-27(32)30-26-16-9-21(29)17-25(26)28(33)20-5-3-2-4-6-20/h2-17,31H,18H2,1H3,(H,30,32). The van der Waals surface area contributed by atoms with Crippen molar-refractivity contribution in [2.75, 3.05) is 16.6 Å². The molecule has 0 spiro atoms. The molecule has 4 aromatic rings. The van der Waals surface area contributed by atoms with Crippen molar-refractivity contribution < 1.29 is 22.7 Å². The van der Waals surface area contributed by atoms with Crippen LogP contribution in [0.15, 0.2) is 102 Å². The maximum Gasteiger partial charge on any atom is 0.262 e. The SMILES string of the molecule is Cc1ccc(NS(=O)(=O)c2ccc(OCC(=O)Nc3ccc(Cl)cc3C(=O)c3ccccc3)cc2)cc1. The monoisotopic (exact) mass is 534 g/mol. The number of ketones is 1. The fraction of sp³-hybridized carbons (Fsp3) is 0.0714. The lowest BCUT2D eigenvalue weighted by Crippen LogP contribution is -2.21. The number of carbonyl (C=O) groups is 2. The van der Waals surface area contributed by atoms with E-state index in [2.05, 4.69) is 10.0 Å². The largest absolute Gasteiger partial charge is 0.484 e. The third-order valence-corrected chi connectivity index (χ3v) is 6.98. The summed E-state index contributed by atoms with van der Waals surface area (Å²) in [7, 11) is -3.78. The molecular weight excluding hydrogens is 512 g/mol. The fourth-order valence-electron chi connectivity index (χ4n) is 3.44. The summed E-state index contributed by atoms with van der Waals surface area (Å²) in [6, 6.07) is 26.0. The highest BCUT2D eigenvalue weighted by Gasteiger charge is 2.17. The van der Waals surface area contributed by atoms with Crippen LogP contribution < -0.4 is 14.8 Å². The van der Waals surface area contributed by atoms with E-state index < -0.39 is 15.9 Å². The molecule has 37 heavy (non-hydrogen) atoms. The first-order valence-electron chi connectivity index (χ1n) is 11.2. The van der Waals surface area contributed by atoms with Crippen molar-refractivity contribution in [1.29, 1.82) is 0 Å². The molecule has 0 bridgehead atoms. The van der Waals surface area contributed by atoms with Crippen LogP contribution in [0.4, 0.5) is 11.4 Å². The zero-order chi connectivity index (χ0) is 26.4. The Bertz CT molecular complexity index is 1520. The van der Waals surface area contributed by atoms with Crippen molar-refractivity contribution in [3.8, 4) is 5.75 Å². The Morgan fingerprint density at radius 1 is 0.865 bits per heavy atom. The lowest BCUT2D eigenvalue weighted by molar-refractivity contribution is -0.118. The summed E-state index contributed by atoms with van der Waals surface area (Å²) in [5, 5.41) is 3.04. The predicted molar refractivity (Wildman–Crippen MR) is 144 cm³/mol. The van der Waals surface area contributed by atoms with Gasteiger partial charge in [-0.25, -0.2) is 8.42 Å². The van der Waals surface area contributed by atoms with E-state index in [1.54, 1.807) is 54.6 Å². The van der Waals surface area contributed by atoms with Gasteiger partial charge >= 0.3 is 0 Å². The Morgan fingerprint density at radius 2 is 1.54 bits per heavy atom. The molecule has 0 fully saturated rings. The number of hydrogen-bond acceptors (Lipinski definition) is 5. The van der Waals surface area contributed by atoms with E-state index >= 15 is 0 Å². The van der Waals surface area contributed by atoms with Crippen molar-refractivity contribution in [3.05, 3.63) is 119 Å². The molecule has 0 aromatic heterocycles. The molecule has 0 heterocycles. The van der Waals surface area contributed by atoms with Gasteiger partial charge in [0, 0.05) is 21.8 Å². The molecule has 9 heteroatoms. The molecule has 2 N–H and O–H groups in total. The topological polar surface area (TPSA) is 102 Å². The van der Waals surface area contributed by atoms with Gasteiger partial charge in [-0.2, -0.15) is 0 Å². The molecule has 0 saturated heterocycles. The second kappa shape index (κ2) is 11.3. The Balaban J connectivity index is 1.39. The third-order valence-electron chi connectivity index (χ3n) is 5.34. The summed E-state index contributed by atoms with van der Waals surface area (Å²) in [5.41, 5.74) is 2.49. The number of sulfonamides is 1. The Morgan fingerprint density at radius 3 is 2.22 bits per heavy atom. The maximum atomic E-state index is 12.9. The van der Waals surface area contributed by atoms with Crippen molar-refractivity contribution in [3.63, 3.8) is 0 Å². The van der Waals surface area contributed by atoms with E-state index in [4.69, 9.17) is 16.3 Å². The van der Waals surface area contributed by atoms with E-state index in [0.717, 1.165) is 5.56 Å². The quantitative estimate of drug-likeness (QED) is 0.268. The van der Waals surface area contributed by atoms with Crippen molar-refractivity contribution in [1.82, 2.24) is 0 Å². The zero-order valence-electron chi connectivity index (χ0n) is 19.8. The van der Waals surface area contributed by atoms with Gasteiger partial charge in [0.2, 0.25) is 0 Å². The minimum atomic E-state index is -3.78. The summed E-state index contributed by atoms with van der Waals surface area (Å²) >= 11 is 6.09. The van der Waals surface area contributed by atoms with Gasteiger partial charge in [0.15, 0.2) is 12.4 Å². The second-order valence-corrected chi connectivity index (χ2v) is 10.3. The van der Waals surface area contributed by atoms with Crippen LogP contribution in [0, 0.1) is 6.92 Å². The van der Waals surface area contributed by atoms with Crippen LogP contribution in [0.25, 0.3) is 0 Å². The number of nitrogens with one attached hydrogen (secondary N) is 2. The minimum Gasteiger partial charge on any atom is -0.484 e. The molecule has 1 amide bonds. The average Bonchev–Trinajstić information content (AvgIpc) is 2.90. The number of benzene rings is 4. The molecular formula is C28H23ClN2O5S. The first kappa shape index (κ1) is 25.9. The van der Waals surface area contributed by atoms with E-state index in [1.165, 1.54) is 30.3 Å². The van der Waals surface area contributed by atoms with Gasteiger partial charge in [-0.3, -0.25) is 14.3 Å². The summed E-state index contributed by atoms with van der Waals surface area (Å²) < 4.78 is 33.3. The van der Waals surface area contributed by atoms with Gasteiger partial charge in [-0.1, -0.05) is 59.6 Å². The molecule has 0 aliphatic heterocycles. The third kappa shape index (κ3) is 6.75. The molecule has 0 radical (unpaired) electrons. The molecule has 4 aromatic carbocycles. The highest BCUT2D eigenvalue weighted by molar-refractivity contribution is 7.92. The smallest absolute Gasteiger partial charge is 0.262 e. The van der Waals surface area contributed by atoms with Gasteiger partial charge in [0.05, 0.1) is 10.6 Å². The summed E-state index contributed by atoms with van der Waals surface area (Å²) in [4.78, 5) is 25.5. The van der Waals surface area contributed by atoms with Crippen LogP contribution in [0.5, 0.6) is 5.75 Å². The first-order chi connectivity index (χ1) is 17.7. The van der Waals surface area contributed by atoms with Gasteiger partial charge in [0.25, 0.3) is 15.9 Å². The number of aryl methyl sites for hydroxylation is 1. The number of anilines is 2. The van der Waals surface area contributed by atoms with Crippen molar-refractivity contribution in [2.24, 2.45) is 0 Å². The summed E-state index contributed by atoms with van der Waals surface area (Å²) in [6.07, 6.45) is 0. The minimum absolute atomic E-state index is 0.0510. The number of amides is 1. The zero-order valence-corrected chi connectivity index (χ0v) is 21.3. The number of carbonyl (C=O) groups excluding carboxylic acids is 2. The van der Waals surface area contributed by atoms with E-state index in [1.807, 2.05) is 19.1 Å². The number of rotatable bonds is 9. The van der Waals surface area contributed by atoms with Crippen LogP contribution in [0.2, 0.25) is 5.02 Å². The van der Waals surface area contributed by atoms with Crippen LogP contribution >= 0.6 is 11.6 Å². The average molecular weight is 535 g/mol. The molecule has 0 saturated carbocycles. The lowest BCUT2D eigenvalue weighted by Gasteiger charge is -2.12. The Labute approximate surface area is 220 Å². The van der Waals surface area contributed by atoms with Crippen LogP contribution in [0.1, 0.15) is 21.5 Å². The number of hydrogen-bond donors (Lipinski definition) is 2. The van der Waals surface area contributed by atoms with Gasteiger partial charge in [-0.15, -0.1) is 0 Å². The van der Waals surface area contributed by atoms with E-state index in [-0.39, 0.29) is 22.8 Å². The van der Waals surface area contributed by atoms with E-state index in [9.17, 15) is 18.0 Å². The molecule has 0 aliphatic rings. The molecule has 188 valence electrons. The van der Waals surface area contributed by atoms with E-state index in [0.29, 0.717) is 27.7 Å². The highest BCUT2D eigenvalue weighted by Crippen LogP contribution is 2.24. The molecule has 0 atom stereocenters. The van der Waals surface area contributed by atoms with Crippen LogP contribution in [-0.2, 0) is 14.8 Å². The lowest BCUT2D eigenvalue weighted by atomic mass is 10.0. The normalized spacial score (nSPS) is 11.0. The second-order valence-electron chi connectivity index (χ2n) is 8.16. The first-order valence-corrected chi connectivity index (χ1v) is 13.1. The molecule has 0 aliphatic carbocycles. The summed E-state index contributed by atoms with van der Waals surface area (Å²) in [6.45, 7) is 1.56. The van der Waals surface area contributed by atoms with Crippen LogP contribution in [-0.4, -0.2) is 26.7 Å². The summed E-state index contributed by atoms with van der Waals surface area (Å²) in [5.74, 6) is -0.473. The predicted octanol–water partition coefficient (Wildman–Crippen LogP) is 5.70. The van der Waals surface area contributed by atoms with Gasteiger partial charge in [0.1, 0.15) is 5.75 Å². The Kier molecular flexibility index (Phi) is 7.91. The molecule has 0 unspecified atom stereocenters. The van der Waals surface area contributed by atoms with Gasteiger partial charge < -0.3 is 10.1 Å². The Hall–Kier alpha value is -4.14. The van der Waals surface area contributed by atoms with Crippen molar-refractivity contribution in [2.45, 2.75) is 11.8 Å².